The molecule has 1 unspecified atom stereocenters. The van der Waals surface area contributed by atoms with Crippen LogP contribution in [-0.4, -0.2) is 33.3 Å². The maximum Gasteiger partial charge on any atom is 0.211 e. The van der Waals surface area contributed by atoms with Crippen molar-refractivity contribution in [1.29, 1.82) is 0 Å². The van der Waals surface area contributed by atoms with Gasteiger partial charge in [-0.05, 0) is 31.7 Å². The van der Waals surface area contributed by atoms with Gasteiger partial charge in [-0.25, -0.2) is 13.1 Å². The van der Waals surface area contributed by atoms with E-state index in [1.807, 2.05) is 13.8 Å². The second kappa shape index (κ2) is 6.57. The Kier molecular flexibility index (Phi) is 5.72. The van der Waals surface area contributed by atoms with Crippen molar-refractivity contribution in [3.8, 4) is 0 Å². The first-order valence-corrected chi connectivity index (χ1v) is 7.85. The average molecular weight is 248 g/mol. The highest BCUT2D eigenvalue weighted by Gasteiger charge is 2.17. The van der Waals surface area contributed by atoms with E-state index >= 15 is 0 Å². The Labute approximate surface area is 99.2 Å². The van der Waals surface area contributed by atoms with Gasteiger partial charge in [-0.3, -0.25) is 0 Å². The Morgan fingerprint density at radius 1 is 1.38 bits per heavy atom. The van der Waals surface area contributed by atoms with Crippen LogP contribution >= 0.6 is 0 Å². The molecule has 0 aromatic heterocycles. The molecular formula is C11H24N2O2S. The number of hydrogen-bond donors (Lipinski definition) is 2. The molecule has 5 heteroatoms. The molecule has 1 heterocycles. The van der Waals surface area contributed by atoms with Gasteiger partial charge in [0.1, 0.15) is 0 Å². The molecule has 0 amide bonds. The zero-order valence-electron chi connectivity index (χ0n) is 10.3. The Morgan fingerprint density at radius 3 is 2.69 bits per heavy atom. The lowest BCUT2D eigenvalue weighted by molar-refractivity contribution is 0.392. The highest BCUT2D eigenvalue weighted by Crippen LogP contribution is 2.10. The van der Waals surface area contributed by atoms with Crippen molar-refractivity contribution in [3.05, 3.63) is 0 Å². The third-order valence-electron chi connectivity index (χ3n) is 2.86. The van der Waals surface area contributed by atoms with Crippen molar-refractivity contribution in [3.63, 3.8) is 0 Å². The van der Waals surface area contributed by atoms with Crippen molar-refractivity contribution >= 4 is 10.0 Å². The number of rotatable bonds is 6. The molecule has 1 saturated heterocycles. The Morgan fingerprint density at radius 2 is 2.12 bits per heavy atom. The SMILES string of the molecule is CC(C)CNS(=O)(=O)CCC1CCCCN1. The molecule has 1 aliphatic heterocycles. The second-order valence-electron chi connectivity index (χ2n) is 5.00. The summed E-state index contributed by atoms with van der Waals surface area (Å²) in [6.45, 7) is 5.58. The van der Waals surface area contributed by atoms with E-state index in [9.17, 15) is 8.42 Å². The van der Waals surface area contributed by atoms with E-state index in [1.165, 1.54) is 12.8 Å². The largest absolute Gasteiger partial charge is 0.314 e. The van der Waals surface area contributed by atoms with Crippen molar-refractivity contribution in [1.82, 2.24) is 10.0 Å². The first-order valence-electron chi connectivity index (χ1n) is 6.20. The highest BCUT2D eigenvalue weighted by molar-refractivity contribution is 7.89. The van der Waals surface area contributed by atoms with Gasteiger partial charge in [0, 0.05) is 12.6 Å². The van der Waals surface area contributed by atoms with E-state index in [1.54, 1.807) is 0 Å². The average Bonchev–Trinajstić information content (AvgIpc) is 2.26. The predicted octanol–water partition coefficient (Wildman–Crippen LogP) is 1.09. The maximum absolute atomic E-state index is 11.6. The molecule has 1 aliphatic rings. The van der Waals surface area contributed by atoms with Gasteiger partial charge >= 0.3 is 0 Å². The topological polar surface area (TPSA) is 58.2 Å². The molecule has 0 aromatic rings. The maximum atomic E-state index is 11.6. The summed E-state index contributed by atoms with van der Waals surface area (Å²) in [7, 11) is -3.07. The van der Waals surface area contributed by atoms with E-state index in [0.717, 1.165) is 19.4 Å². The van der Waals surface area contributed by atoms with Gasteiger partial charge in [0.25, 0.3) is 0 Å². The molecule has 0 saturated carbocycles. The lowest BCUT2D eigenvalue weighted by Gasteiger charge is -2.23. The smallest absolute Gasteiger partial charge is 0.211 e. The van der Waals surface area contributed by atoms with E-state index in [-0.39, 0.29) is 5.75 Å². The summed E-state index contributed by atoms with van der Waals surface area (Å²) in [4.78, 5) is 0. The van der Waals surface area contributed by atoms with E-state index < -0.39 is 10.0 Å². The summed E-state index contributed by atoms with van der Waals surface area (Å²) in [5, 5.41) is 3.36. The molecule has 2 N–H and O–H groups in total. The molecule has 0 radical (unpaired) electrons. The molecule has 1 rings (SSSR count). The van der Waals surface area contributed by atoms with Crippen molar-refractivity contribution in [2.24, 2.45) is 5.92 Å². The zero-order chi connectivity index (χ0) is 12.0. The third kappa shape index (κ3) is 5.82. The first-order chi connectivity index (χ1) is 7.49. The molecule has 0 aromatic carbocycles. The minimum absolute atomic E-state index is 0.247. The molecule has 16 heavy (non-hydrogen) atoms. The molecule has 0 bridgehead atoms. The monoisotopic (exact) mass is 248 g/mol. The van der Waals surface area contributed by atoms with Gasteiger partial charge in [-0.15, -0.1) is 0 Å². The highest BCUT2D eigenvalue weighted by atomic mass is 32.2. The van der Waals surface area contributed by atoms with Crippen LogP contribution in [0.2, 0.25) is 0 Å². The molecule has 1 atom stereocenters. The zero-order valence-corrected chi connectivity index (χ0v) is 11.1. The quantitative estimate of drug-likeness (QED) is 0.740. The fourth-order valence-corrected chi connectivity index (χ4v) is 3.16. The van der Waals surface area contributed by atoms with Gasteiger partial charge in [-0.1, -0.05) is 20.3 Å². The minimum atomic E-state index is -3.07. The molecule has 1 fully saturated rings. The second-order valence-corrected chi connectivity index (χ2v) is 6.92. The van der Waals surface area contributed by atoms with Crippen LogP contribution in [-0.2, 0) is 10.0 Å². The van der Waals surface area contributed by atoms with Gasteiger partial charge in [-0.2, -0.15) is 0 Å². The summed E-state index contributed by atoms with van der Waals surface area (Å²) >= 11 is 0. The van der Waals surface area contributed by atoms with E-state index in [4.69, 9.17) is 0 Å². The number of hydrogen-bond acceptors (Lipinski definition) is 3. The van der Waals surface area contributed by atoms with Crippen LogP contribution in [0.15, 0.2) is 0 Å². The number of piperidine rings is 1. The van der Waals surface area contributed by atoms with E-state index in [0.29, 0.717) is 18.5 Å². The number of sulfonamides is 1. The van der Waals surface area contributed by atoms with Crippen LogP contribution < -0.4 is 10.0 Å². The van der Waals surface area contributed by atoms with Crippen LogP contribution in [0.4, 0.5) is 0 Å². The normalized spacial score (nSPS) is 22.6. The van der Waals surface area contributed by atoms with E-state index in [2.05, 4.69) is 10.0 Å². The molecule has 0 spiro atoms. The van der Waals surface area contributed by atoms with Gasteiger partial charge in [0.05, 0.1) is 5.75 Å². The van der Waals surface area contributed by atoms with Crippen LogP contribution in [0.3, 0.4) is 0 Å². The van der Waals surface area contributed by atoms with Gasteiger partial charge in [0.15, 0.2) is 0 Å². The molecule has 0 aliphatic carbocycles. The fraction of sp³-hybridized carbons (Fsp3) is 1.00. The van der Waals surface area contributed by atoms with Gasteiger partial charge in [0.2, 0.25) is 10.0 Å². The predicted molar refractivity (Wildman–Crippen MR) is 66.9 cm³/mol. The first kappa shape index (κ1) is 13.9. The number of nitrogens with one attached hydrogen (secondary N) is 2. The molecular weight excluding hydrogens is 224 g/mol. The fourth-order valence-electron chi connectivity index (χ4n) is 1.83. The van der Waals surface area contributed by atoms with Crippen LogP contribution in [0, 0.1) is 5.92 Å². The van der Waals surface area contributed by atoms with Crippen molar-refractivity contribution in [2.45, 2.75) is 45.6 Å². The lowest BCUT2D eigenvalue weighted by atomic mass is 10.0. The summed E-state index contributed by atoms with van der Waals surface area (Å²) in [6, 6.07) is 0.393. The molecule has 4 nitrogen and oxygen atoms in total. The van der Waals surface area contributed by atoms with Crippen LogP contribution in [0.25, 0.3) is 0 Å². The summed E-state index contributed by atoms with van der Waals surface area (Å²) < 4.78 is 25.9. The van der Waals surface area contributed by atoms with Crippen molar-refractivity contribution < 1.29 is 8.42 Å². The third-order valence-corrected chi connectivity index (χ3v) is 4.24. The summed E-state index contributed by atoms with van der Waals surface area (Å²) in [5.74, 6) is 0.611. The van der Waals surface area contributed by atoms with Crippen molar-refractivity contribution in [2.75, 3.05) is 18.8 Å². The lowest BCUT2D eigenvalue weighted by Crippen LogP contribution is -2.37. The minimum Gasteiger partial charge on any atom is -0.314 e. The Hall–Kier alpha value is -0.130. The Balaban J connectivity index is 2.24. The van der Waals surface area contributed by atoms with Crippen LogP contribution in [0.5, 0.6) is 0 Å². The standard InChI is InChI=1S/C11H24N2O2S/c1-10(2)9-13-16(14,15)8-6-11-5-3-4-7-12-11/h10-13H,3-9H2,1-2H3. The summed E-state index contributed by atoms with van der Waals surface area (Å²) in [5.41, 5.74) is 0. The summed E-state index contributed by atoms with van der Waals surface area (Å²) in [6.07, 6.45) is 4.28. The van der Waals surface area contributed by atoms with Crippen LogP contribution in [0.1, 0.15) is 39.5 Å². The molecule has 96 valence electrons. The van der Waals surface area contributed by atoms with Gasteiger partial charge < -0.3 is 5.32 Å². The Bertz CT molecular complexity index is 282.